The molecule has 1 heterocycles. The number of fused-ring (bicyclic) bond motifs is 1. The van der Waals surface area contributed by atoms with Crippen molar-refractivity contribution in [1.29, 1.82) is 0 Å². The first kappa shape index (κ1) is 32.4. The Morgan fingerprint density at radius 3 is 2.36 bits per heavy atom. The maximum atomic E-state index is 13.3. The third-order valence-corrected chi connectivity index (χ3v) is 8.15. The quantitative estimate of drug-likeness (QED) is 0.123. The molecule has 0 aliphatic heterocycles. The highest BCUT2D eigenvalue weighted by Gasteiger charge is 2.33. The van der Waals surface area contributed by atoms with Gasteiger partial charge < -0.3 is 14.8 Å². The van der Waals surface area contributed by atoms with E-state index in [1.54, 1.807) is 19.1 Å². The number of hydrogen-bond acceptors (Lipinski definition) is 10. The molecule has 0 bridgehead atoms. The highest BCUT2D eigenvalue weighted by molar-refractivity contribution is 7.89. The number of carbonyl (C=O) groups is 1. The van der Waals surface area contributed by atoms with Crippen LogP contribution in [0.15, 0.2) is 65.6 Å². The van der Waals surface area contributed by atoms with E-state index in [0.717, 1.165) is 30.3 Å². The van der Waals surface area contributed by atoms with Crippen molar-refractivity contribution in [2.45, 2.75) is 37.2 Å². The molecule has 3 aromatic carbocycles. The Balaban J connectivity index is 1.79. The van der Waals surface area contributed by atoms with Crippen LogP contribution in [0.4, 0.5) is 24.7 Å². The summed E-state index contributed by atoms with van der Waals surface area (Å²) in [5, 5.41) is 14.1. The average molecular weight is 654 g/mol. The molecule has 4 aromatic rings. The molecule has 4 rings (SSSR count). The lowest BCUT2D eigenvalue weighted by Gasteiger charge is -2.28. The number of esters is 1. The maximum Gasteiger partial charge on any atom is 0.573 e. The zero-order valence-electron chi connectivity index (χ0n) is 23.0. The van der Waals surface area contributed by atoms with E-state index in [1.165, 1.54) is 32.2 Å². The average Bonchev–Trinajstić information content (AvgIpc) is 2.95. The molecule has 0 saturated heterocycles. The number of aromatic nitrogens is 2. The van der Waals surface area contributed by atoms with Crippen molar-refractivity contribution in [3.05, 3.63) is 92.8 Å². The van der Waals surface area contributed by atoms with Gasteiger partial charge in [0.05, 0.1) is 39.1 Å². The van der Waals surface area contributed by atoms with Crippen molar-refractivity contribution in [3.8, 4) is 5.75 Å². The minimum absolute atomic E-state index is 0.138. The Bertz CT molecular complexity index is 1840. The molecule has 0 spiro atoms. The SMILES string of the molecule is COC(=O)c1cccc2c(N[C@@H](c3ccc(OC(F)(F)F)c(Cl)c3)C(C)NS(=O)(=O)c3ccc([N+](=O)[O-])cc3)nc(C)nc12. The van der Waals surface area contributed by atoms with E-state index >= 15 is 0 Å². The molecule has 0 aliphatic rings. The second kappa shape index (κ2) is 12.6. The van der Waals surface area contributed by atoms with Crippen molar-refractivity contribution in [2.75, 3.05) is 12.4 Å². The molecule has 12 nitrogen and oxygen atoms in total. The van der Waals surface area contributed by atoms with Gasteiger partial charge >= 0.3 is 12.3 Å². The van der Waals surface area contributed by atoms with E-state index in [-0.39, 0.29) is 38.9 Å². The highest BCUT2D eigenvalue weighted by Crippen LogP contribution is 2.35. The van der Waals surface area contributed by atoms with Gasteiger partial charge in [-0.15, -0.1) is 13.2 Å². The molecule has 0 amide bonds. The van der Waals surface area contributed by atoms with Gasteiger partial charge in [-0.25, -0.2) is 27.9 Å². The topological polar surface area (TPSA) is 163 Å². The minimum Gasteiger partial charge on any atom is -0.465 e. The summed E-state index contributed by atoms with van der Waals surface area (Å²) in [5.41, 5.74) is 0.291. The number of sulfonamides is 1. The van der Waals surface area contributed by atoms with Crippen molar-refractivity contribution < 1.29 is 40.8 Å². The van der Waals surface area contributed by atoms with Crippen LogP contribution < -0.4 is 14.8 Å². The monoisotopic (exact) mass is 653 g/mol. The summed E-state index contributed by atoms with van der Waals surface area (Å²) >= 11 is 6.12. The predicted octanol–water partition coefficient (Wildman–Crippen LogP) is 5.71. The van der Waals surface area contributed by atoms with Crippen LogP contribution in [0.25, 0.3) is 10.9 Å². The standard InChI is InChI=1S/C27H23ClF3N5O7S/c1-14(35-44(40,41)18-10-8-17(9-11-18)36(38)39)23(16-7-12-22(21(28)13-16)43-27(29,30)31)34-25-19-5-4-6-20(26(37)42-3)24(19)32-15(2)33-25/h4-14,23,35H,1-3H3,(H,32,33,34)/t14?,23-/m1/s1. The van der Waals surface area contributed by atoms with Gasteiger partial charge in [0.15, 0.2) is 0 Å². The zero-order valence-corrected chi connectivity index (χ0v) is 24.6. The number of aryl methyl sites for hydroxylation is 1. The number of para-hydroxylation sites is 1. The molecule has 1 aromatic heterocycles. The van der Waals surface area contributed by atoms with Crippen molar-refractivity contribution in [1.82, 2.24) is 14.7 Å². The van der Waals surface area contributed by atoms with Gasteiger partial charge in [-0.2, -0.15) is 0 Å². The molecule has 17 heteroatoms. The van der Waals surface area contributed by atoms with E-state index in [0.29, 0.717) is 5.39 Å². The fourth-order valence-electron chi connectivity index (χ4n) is 4.34. The number of benzene rings is 3. The number of halogens is 4. The summed E-state index contributed by atoms with van der Waals surface area (Å²) in [4.78, 5) is 31.2. The second-order valence-electron chi connectivity index (χ2n) is 9.33. The Morgan fingerprint density at radius 2 is 1.77 bits per heavy atom. The van der Waals surface area contributed by atoms with Crippen LogP contribution in [0.1, 0.15) is 34.7 Å². The smallest absolute Gasteiger partial charge is 0.465 e. The van der Waals surface area contributed by atoms with Crippen molar-refractivity contribution in [2.24, 2.45) is 0 Å². The number of anilines is 1. The molecular weight excluding hydrogens is 631 g/mol. The van der Waals surface area contributed by atoms with Crippen LogP contribution in [0.2, 0.25) is 5.02 Å². The summed E-state index contributed by atoms with van der Waals surface area (Å²) in [7, 11) is -3.07. The first-order valence-corrected chi connectivity index (χ1v) is 14.4. The molecule has 0 fully saturated rings. The number of methoxy groups -OCH3 is 1. The van der Waals surface area contributed by atoms with Crippen molar-refractivity contribution in [3.63, 3.8) is 0 Å². The molecule has 1 unspecified atom stereocenters. The van der Waals surface area contributed by atoms with Gasteiger partial charge in [0.1, 0.15) is 17.4 Å². The largest absolute Gasteiger partial charge is 0.573 e. The fourth-order valence-corrected chi connectivity index (χ4v) is 5.82. The number of ether oxygens (including phenoxy) is 2. The normalized spacial score (nSPS) is 13.2. The number of non-ortho nitro benzene ring substituents is 1. The first-order valence-electron chi connectivity index (χ1n) is 12.5. The minimum atomic E-state index is -5.01. The lowest BCUT2D eigenvalue weighted by Crippen LogP contribution is -2.40. The molecule has 0 aliphatic carbocycles. The second-order valence-corrected chi connectivity index (χ2v) is 11.5. The first-order chi connectivity index (χ1) is 20.6. The zero-order chi connectivity index (χ0) is 32.4. The third kappa shape index (κ3) is 7.32. The molecule has 2 atom stereocenters. The molecular formula is C27H23ClF3N5O7S. The Labute approximate surface area is 253 Å². The lowest BCUT2D eigenvalue weighted by molar-refractivity contribution is -0.384. The summed E-state index contributed by atoms with van der Waals surface area (Å²) in [6, 6.07) is 10.2. The Hall–Kier alpha value is -4.54. The van der Waals surface area contributed by atoms with Crippen LogP contribution >= 0.6 is 11.6 Å². The van der Waals surface area contributed by atoms with Crippen LogP contribution in [-0.4, -0.2) is 48.8 Å². The summed E-state index contributed by atoms with van der Waals surface area (Å²) in [5.74, 6) is -0.933. The van der Waals surface area contributed by atoms with E-state index in [2.05, 4.69) is 24.7 Å². The molecule has 0 saturated carbocycles. The number of nitro benzene ring substituents is 1. The van der Waals surface area contributed by atoms with Crippen LogP contribution in [0.3, 0.4) is 0 Å². The molecule has 232 valence electrons. The summed E-state index contributed by atoms with van der Waals surface area (Å²) in [6.07, 6.45) is -5.01. The number of rotatable bonds is 10. The van der Waals surface area contributed by atoms with Crippen LogP contribution in [0, 0.1) is 17.0 Å². The van der Waals surface area contributed by atoms with E-state index in [4.69, 9.17) is 16.3 Å². The Morgan fingerprint density at radius 1 is 1.09 bits per heavy atom. The van der Waals surface area contributed by atoms with Gasteiger partial charge in [0.25, 0.3) is 5.69 Å². The molecule has 2 N–H and O–H groups in total. The van der Waals surface area contributed by atoms with E-state index in [9.17, 15) is 36.5 Å². The third-order valence-electron chi connectivity index (χ3n) is 6.28. The summed E-state index contributed by atoms with van der Waals surface area (Å²) in [6.45, 7) is 3.04. The van der Waals surface area contributed by atoms with Gasteiger partial charge in [0.2, 0.25) is 10.0 Å². The van der Waals surface area contributed by atoms with Crippen molar-refractivity contribution >= 4 is 50.0 Å². The number of hydrogen-bond donors (Lipinski definition) is 2. The Kier molecular flexibility index (Phi) is 9.27. The fraction of sp³-hybridized carbons (Fsp3) is 0.222. The van der Waals surface area contributed by atoms with Crippen LogP contribution in [0.5, 0.6) is 5.75 Å². The van der Waals surface area contributed by atoms with Crippen LogP contribution in [-0.2, 0) is 14.8 Å². The molecule has 44 heavy (non-hydrogen) atoms. The number of nitrogens with zero attached hydrogens (tertiary/aromatic N) is 3. The van der Waals surface area contributed by atoms with Gasteiger partial charge in [-0.1, -0.05) is 23.7 Å². The molecule has 0 radical (unpaired) electrons. The highest BCUT2D eigenvalue weighted by atomic mass is 35.5. The summed E-state index contributed by atoms with van der Waals surface area (Å²) < 4.78 is 76.4. The number of nitrogens with one attached hydrogen (secondary N) is 2. The number of carbonyl (C=O) groups excluding carboxylic acids is 1. The van der Waals surface area contributed by atoms with Gasteiger partial charge in [0, 0.05) is 23.6 Å². The van der Waals surface area contributed by atoms with E-state index in [1.807, 2.05) is 0 Å². The van der Waals surface area contributed by atoms with Gasteiger partial charge in [-0.3, -0.25) is 10.1 Å². The number of nitro groups is 1. The van der Waals surface area contributed by atoms with E-state index < -0.39 is 50.1 Å². The predicted molar refractivity (Wildman–Crippen MR) is 153 cm³/mol. The lowest BCUT2D eigenvalue weighted by atomic mass is 10.00. The maximum absolute atomic E-state index is 13.3. The number of alkyl halides is 3. The van der Waals surface area contributed by atoms with Gasteiger partial charge in [-0.05, 0) is 55.8 Å².